The van der Waals surface area contributed by atoms with Crippen LogP contribution in [0.4, 0.5) is 0 Å². The van der Waals surface area contributed by atoms with Gasteiger partial charge in [0.05, 0.1) is 23.3 Å². The molecule has 80 valence electrons. The molecule has 0 unspecified atom stereocenters. The minimum absolute atomic E-state index is 0.251. The molecular formula is C10H11BrN2O2. The molecule has 0 aliphatic carbocycles. The smallest absolute Gasteiger partial charge is 0.255 e. The van der Waals surface area contributed by atoms with Crippen molar-refractivity contribution in [1.29, 1.82) is 5.26 Å². The molecule has 0 saturated carbocycles. The number of hydrogen-bond acceptors (Lipinski definition) is 3. The predicted molar refractivity (Wildman–Crippen MR) is 58.1 cm³/mol. The molecular weight excluding hydrogens is 260 g/mol. The van der Waals surface area contributed by atoms with E-state index in [0.717, 1.165) is 0 Å². The third kappa shape index (κ3) is 3.10. The maximum Gasteiger partial charge on any atom is 0.255 e. The largest absolute Gasteiger partial charge is 0.457 e. The van der Waals surface area contributed by atoms with Gasteiger partial charge < -0.3 is 9.73 Å². The van der Waals surface area contributed by atoms with E-state index >= 15 is 0 Å². The van der Waals surface area contributed by atoms with Crippen LogP contribution in [0.25, 0.3) is 0 Å². The first kappa shape index (κ1) is 11.8. The van der Waals surface area contributed by atoms with Crippen molar-refractivity contribution in [3.05, 3.63) is 22.6 Å². The molecule has 0 spiro atoms. The van der Waals surface area contributed by atoms with Gasteiger partial charge in [-0.25, -0.2) is 0 Å². The molecule has 1 aromatic heterocycles. The van der Waals surface area contributed by atoms with Crippen molar-refractivity contribution in [3.63, 3.8) is 0 Å². The molecule has 5 heteroatoms. The Hall–Kier alpha value is -1.28. The maximum absolute atomic E-state index is 11.6. The lowest BCUT2D eigenvalue weighted by Gasteiger charge is -2.15. The average molecular weight is 271 g/mol. The van der Waals surface area contributed by atoms with Gasteiger partial charge in [-0.05, 0) is 35.8 Å². The molecule has 1 rings (SSSR count). The van der Waals surface area contributed by atoms with Gasteiger partial charge in [-0.15, -0.1) is 0 Å². The Bertz CT molecular complexity index is 404. The quantitative estimate of drug-likeness (QED) is 0.917. The molecule has 0 bridgehead atoms. The number of rotatable bonds is 3. The summed E-state index contributed by atoms with van der Waals surface area (Å²) in [5.41, 5.74) is -0.130. The number of furan rings is 1. The Balaban J connectivity index is 2.59. The molecule has 0 radical (unpaired) electrons. The zero-order valence-corrected chi connectivity index (χ0v) is 10.1. The van der Waals surface area contributed by atoms with E-state index in [2.05, 4.69) is 27.3 Å². The summed E-state index contributed by atoms with van der Waals surface area (Å²) in [6.45, 7) is 3.83. The average Bonchev–Trinajstić information content (AvgIpc) is 2.61. The van der Waals surface area contributed by atoms with Crippen molar-refractivity contribution in [2.24, 2.45) is 5.41 Å². The molecule has 1 amide bonds. The van der Waals surface area contributed by atoms with Gasteiger partial charge >= 0.3 is 0 Å². The summed E-state index contributed by atoms with van der Waals surface area (Å²) >= 11 is 3.11. The van der Waals surface area contributed by atoms with Crippen molar-refractivity contribution in [3.8, 4) is 6.07 Å². The Morgan fingerprint density at radius 3 is 2.87 bits per heavy atom. The molecule has 1 N–H and O–H groups in total. The fourth-order valence-electron chi connectivity index (χ4n) is 0.892. The third-order valence-corrected chi connectivity index (χ3v) is 2.47. The monoisotopic (exact) mass is 270 g/mol. The zero-order valence-electron chi connectivity index (χ0n) is 8.50. The van der Waals surface area contributed by atoms with Crippen LogP contribution >= 0.6 is 15.9 Å². The summed E-state index contributed by atoms with van der Waals surface area (Å²) in [6, 6.07) is 3.67. The number of hydrogen-bond donors (Lipinski definition) is 1. The van der Waals surface area contributed by atoms with Crippen molar-refractivity contribution in [2.45, 2.75) is 13.8 Å². The molecule has 4 nitrogen and oxygen atoms in total. The predicted octanol–water partition coefficient (Wildman–Crippen LogP) is 2.32. The van der Waals surface area contributed by atoms with E-state index in [1.807, 2.05) is 0 Å². The van der Waals surface area contributed by atoms with Gasteiger partial charge in [0.2, 0.25) is 0 Å². The van der Waals surface area contributed by atoms with Gasteiger partial charge in [0, 0.05) is 6.54 Å². The van der Waals surface area contributed by atoms with Crippen LogP contribution in [-0.2, 0) is 0 Å². The van der Waals surface area contributed by atoms with Crippen LogP contribution in [0, 0.1) is 16.7 Å². The second-order valence-electron chi connectivity index (χ2n) is 3.79. The minimum atomic E-state index is -0.564. The maximum atomic E-state index is 11.6. The molecule has 0 aromatic carbocycles. The van der Waals surface area contributed by atoms with Gasteiger partial charge in [-0.1, -0.05) is 0 Å². The van der Waals surface area contributed by atoms with E-state index in [1.54, 1.807) is 19.9 Å². The standard InChI is InChI=1S/C10H11BrN2O2/c1-10(2,5-12)6-13-9(14)7-3-4-15-8(7)11/h3-4H,6H2,1-2H3,(H,13,14). The molecule has 1 heterocycles. The highest BCUT2D eigenvalue weighted by Crippen LogP contribution is 2.18. The Labute approximate surface area is 96.4 Å². The Kier molecular flexibility index (Phi) is 3.53. The highest BCUT2D eigenvalue weighted by Gasteiger charge is 2.19. The van der Waals surface area contributed by atoms with E-state index < -0.39 is 5.41 Å². The van der Waals surface area contributed by atoms with Gasteiger partial charge in [-0.2, -0.15) is 5.26 Å². The van der Waals surface area contributed by atoms with E-state index in [1.165, 1.54) is 6.26 Å². The van der Waals surface area contributed by atoms with Gasteiger partial charge in [0.1, 0.15) is 0 Å². The van der Waals surface area contributed by atoms with E-state index in [-0.39, 0.29) is 5.91 Å². The summed E-state index contributed by atoms with van der Waals surface area (Å²) in [4.78, 5) is 11.6. The van der Waals surface area contributed by atoms with Crippen LogP contribution in [0.1, 0.15) is 24.2 Å². The topological polar surface area (TPSA) is 66.0 Å². The molecule has 1 aromatic rings. The summed E-state index contributed by atoms with van der Waals surface area (Å²) in [6.07, 6.45) is 1.43. The van der Waals surface area contributed by atoms with Crippen molar-refractivity contribution >= 4 is 21.8 Å². The lowest BCUT2D eigenvalue weighted by molar-refractivity contribution is 0.0942. The number of nitrogens with zero attached hydrogens (tertiary/aromatic N) is 1. The molecule has 0 saturated heterocycles. The molecule has 0 atom stereocenters. The van der Waals surface area contributed by atoms with Crippen molar-refractivity contribution in [1.82, 2.24) is 5.32 Å². The molecule has 0 aliphatic rings. The third-order valence-electron chi connectivity index (χ3n) is 1.86. The zero-order chi connectivity index (χ0) is 11.5. The second-order valence-corrected chi connectivity index (χ2v) is 4.51. The molecule has 0 fully saturated rings. The fraction of sp³-hybridized carbons (Fsp3) is 0.400. The second kappa shape index (κ2) is 4.49. The Morgan fingerprint density at radius 2 is 2.40 bits per heavy atom. The summed E-state index contributed by atoms with van der Waals surface area (Å²) in [7, 11) is 0. The van der Waals surface area contributed by atoms with Crippen molar-refractivity contribution in [2.75, 3.05) is 6.54 Å². The fourth-order valence-corrected chi connectivity index (χ4v) is 1.31. The molecule has 0 aliphatic heterocycles. The summed E-state index contributed by atoms with van der Waals surface area (Å²) in [5.74, 6) is -0.251. The first-order valence-corrected chi connectivity index (χ1v) is 5.18. The lowest BCUT2D eigenvalue weighted by Crippen LogP contribution is -2.33. The van der Waals surface area contributed by atoms with E-state index in [4.69, 9.17) is 9.68 Å². The number of amides is 1. The van der Waals surface area contributed by atoms with Crippen LogP contribution in [0.5, 0.6) is 0 Å². The minimum Gasteiger partial charge on any atom is -0.457 e. The number of nitrogens with one attached hydrogen (secondary N) is 1. The van der Waals surface area contributed by atoms with Gasteiger partial charge in [0.25, 0.3) is 5.91 Å². The SMILES string of the molecule is CC(C)(C#N)CNC(=O)c1ccoc1Br. The van der Waals surface area contributed by atoms with Crippen LogP contribution in [-0.4, -0.2) is 12.5 Å². The number of carbonyl (C=O) groups is 1. The molecule has 15 heavy (non-hydrogen) atoms. The number of nitriles is 1. The van der Waals surface area contributed by atoms with Crippen molar-refractivity contribution < 1.29 is 9.21 Å². The number of halogens is 1. The normalized spacial score (nSPS) is 10.8. The van der Waals surface area contributed by atoms with E-state index in [0.29, 0.717) is 16.8 Å². The van der Waals surface area contributed by atoms with Crippen LogP contribution in [0.3, 0.4) is 0 Å². The first-order chi connectivity index (χ1) is 6.96. The Morgan fingerprint density at radius 1 is 1.73 bits per heavy atom. The van der Waals surface area contributed by atoms with Crippen LogP contribution in [0.15, 0.2) is 21.4 Å². The van der Waals surface area contributed by atoms with E-state index in [9.17, 15) is 4.79 Å². The van der Waals surface area contributed by atoms with Gasteiger partial charge in [-0.3, -0.25) is 4.79 Å². The van der Waals surface area contributed by atoms with Crippen LogP contribution < -0.4 is 5.32 Å². The highest BCUT2D eigenvalue weighted by molar-refractivity contribution is 9.10. The summed E-state index contributed by atoms with van der Waals surface area (Å²) < 4.78 is 5.33. The van der Waals surface area contributed by atoms with Crippen LogP contribution in [0.2, 0.25) is 0 Å². The summed E-state index contributed by atoms with van der Waals surface area (Å²) in [5, 5.41) is 11.4. The number of carbonyl (C=O) groups excluding carboxylic acids is 1. The lowest BCUT2D eigenvalue weighted by atomic mass is 9.96. The first-order valence-electron chi connectivity index (χ1n) is 4.39. The van der Waals surface area contributed by atoms with Gasteiger partial charge in [0.15, 0.2) is 4.67 Å². The highest BCUT2D eigenvalue weighted by atomic mass is 79.9.